The third-order valence-corrected chi connectivity index (χ3v) is 7.12. The Morgan fingerprint density at radius 2 is 1.43 bits per heavy atom. The molecule has 0 saturated carbocycles. The summed E-state index contributed by atoms with van der Waals surface area (Å²) in [7, 11) is 0. The van der Waals surface area contributed by atoms with Crippen molar-refractivity contribution in [1.29, 1.82) is 0 Å². The molecule has 1 aromatic heterocycles. The first-order valence-electron chi connectivity index (χ1n) is 13.6. The van der Waals surface area contributed by atoms with Gasteiger partial charge in [-0.2, -0.15) is 0 Å². The van der Waals surface area contributed by atoms with Gasteiger partial charge in [0.1, 0.15) is 17.3 Å². The van der Waals surface area contributed by atoms with Gasteiger partial charge in [-0.15, -0.1) is 0 Å². The Kier molecular flexibility index (Phi) is 7.66. The van der Waals surface area contributed by atoms with E-state index in [-0.39, 0.29) is 24.3 Å². The molecular formula is C34H34N2O4. The first-order valence-corrected chi connectivity index (χ1v) is 13.6. The molecule has 4 aromatic rings. The molecule has 1 aliphatic carbocycles. The SMILES string of the molecule is CC(C)(C)OC(=O)[C@H](C[C@@H](O)CC(=O)c1ccccn1)NC1(c2ccccc2)c2ccccc2-c2ccccc21. The van der Waals surface area contributed by atoms with Gasteiger partial charge in [0.05, 0.1) is 11.6 Å². The average Bonchev–Trinajstić information content (AvgIpc) is 3.23. The molecular weight excluding hydrogens is 500 g/mol. The quantitative estimate of drug-likeness (QED) is 0.212. The summed E-state index contributed by atoms with van der Waals surface area (Å²) < 4.78 is 5.85. The first-order chi connectivity index (χ1) is 19.2. The number of esters is 1. The minimum atomic E-state index is -1.10. The van der Waals surface area contributed by atoms with Crippen LogP contribution in [0.15, 0.2) is 103 Å². The highest BCUT2D eigenvalue weighted by Gasteiger charge is 2.47. The van der Waals surface area contributed by atoms with Crippen LogP contribution in [0.5, 0.6) is 0 Å². The fourth-order valence-electron chi connectivity index (χ4n) is 5.52. The smallest absolute Gasteiger partial charge is 0.323 e. The van der Waals surface area contributed by atoms with Crippen LogP contribution in [0.1, 0.15) is 60.8 Å². The van der Waals surface area contributed by atoms with Crippen molar-refractivity contribution in [2.24, 2.45) is 0 Å². The number of rotatable bonds is 9. The Bertz CT molecular complexity index is 1450. The standard InChI is InChI=1S/C34H34N2O4/c1-33(2,3)40-32(39)30(21-24(37)22-31(38)29-19-11-12-20-35-29)36-34(23-13-5-4-6-14-23)27-17-9-7-15-25(27)26-16-8-10-18-28(26)34/h4-20,24,30,36-37H,21-22H2,1-3H3/t24-,30+/m1/s1. The van der Waals surface area contributed by atoms with Crippen LogP contribution in [0.4, 0.5) is 0 Å². The lowest BCUT2D eigenvalue weighted by Crippen LogP contribution is -2.54. The van der Waals surface area contributed by atoms with Gasteiger partial charge in [-0.05, 0) is 67.1 Å². The summed E-state index contributed by atoms with van der Waals surface area (Å²) >= 11 is 0. The van der Waals surface area contributed by atoms with E-state index in [1.807, 2.05) is 75.4 Å². The summed E-state index contributed by atoms with van der Waals surface area (Å²) in [6, 6.07) is 30.5. The van der Waals surface area contributed by atoms with Crippen molar-refractivity contribution in [3.8, 4) is 11.1 Å². The van der Waals surface area contributed by atoms with Gasteiger partial charge in [-0.25, -0.2) is 0 Å². The second kappa shape index (κ2) is 11.2. The number of carbonyl (C=O) groups excluding carboxylic acids is 2. The molecule has 40 heavy (non-hydrogen) atoms. The Balaban J connectivity index is 1.57. The van der Waals surface area contributed by atoms with Crippen molar-refractivity contribution < 1.29 is 19.4 Å². The van der Waals surface area contributed by atoms with Gasteiger partial charge in [0.25, 0.3) is 0 Å². The van der Waals surface area contributed by atoms with Gasteiger partial charge in [0.15, 0.2) is 5.78 Å². The van der Waals surface area contributed by atoms with Crippen LogP contribution in [0.3, 0.4) is 0 Å². The van der Waals surface area contributed by atoms with E-state index in [9.17, 15) is 14.7 Å². The van der Waals surface area contributed by atoms with Crippen molar-refractivity contribution in [2.45, 2.75) is 56.9 Å². The second-order valence-electron chi connectivity index (χ2n) is 11.2. The topological polar surface area (TPSA) is 88.5 Å². The summed E-state index contributed by atoms with van der Waals surface area (Å²) in [5.41, 5.74) is 3.78. The molecule has 0 aliphatic heterocycles. The predicted octanol–water partition coefficient (Wildman–Crippen LogP) is 5.68. The van der Waals surface area contributed by atoms with Crippen molar-refractivity contribution in [3.05, 3.63) is 126 Å². The lowest BCUT2D eigenvalue weighted by molar-refractivity contribution is -0.158. The monoisotopic (exact) mass is 534 g/mol. The third kappa shape index (κ3) is 5.46. The largest absolute Gasteiger partial charge is 0.459 e. The summed E-state index contributed by atoms with van der Waals surface area (Å²) in [6.07, 6.45) is 0.262. The number of fused-ring (bicyclic) bond motifs is 3. The van der Waals surface area contributed by atoms with Crippen molar-refractivity contribution in [2.75, 3.05) is 0 Å². The number of benzene rings is 3. The van der Waals surface area contributed by atoms with Crippen molar-refractivity contribution >= 4 is 11.8 Å². The number of hydrogen-bond acceptors (Lipinski definition) is 6. The molecule has 0 saturated heterocycles. The van der Waals surface area contributed by atoms with E-state index in [1.54, 1.807) is 24.4 Å². The highest BCUT2D eigenvalue weighted by Crippen LogP contribution is 2.51. The van der Waals surface area contributed by atoms with Gasteiger partial charge in [-0.3, -0.25) is 19.9 Å². The number of nitrogens with one attached hydrogen (secondary N) is 1. The highest BCUT2D eigenvalue weighted by molar-refractivity contribution is 5.94. The average molecular weight is 535 g/mol. The van der Waals surface area contributed by atoms with Crippen molar-refractivity contribution in [1.82, 2.24) is 10.3 Å². The summed E-state index contributed by atoms with van der Waals surface area (Å²) in [4.78, 5) is 30.7. The number of ketones is 1. The first kappa shape index (κ1) is 27.4. The molecule has 204 valence electrons. The van der Waals surface area contributed by atoms with E-state index in [1.165, 1.54) is 0 Å². The number of aromatic nitrogens is 1. The normalized spacial score (nSPS) is 15.0. The molecule has 0 amide bonds. The Morgan fingerprint density at radius 3 is 2.00 bits per heavy atom. The van der Waals surface area contributed by atoms with Gasteiger partial charge in [-0.1, -0.05) is 84.9 Å². The fourth-order valence-corrected chi connectivity index (χ4v) is 5.52. The summed E-state index contributed by atoms with van der Waals surface area (Å²) in [6.45, 7) is 5.45. The lowest BCUT2D eigenvalue weighted by atomic mass is 9.79. The van der Waals surface area contributed by atoms with E-state index in [2.05, 4.69) is 34.6 Å². The molecule has 3 aromatic carbocycles. The molecule has 5 rings (SSSR count). The van der Waals surface area contributed by atoms with Crippen LogP contribution in [0.25, 0.3) is 11.1 Å². The number of carbonyl (C=O) groups is 2. The number of pyridine rings is 1. The zero-order valence-electron chi connectivity index (χ0n) is 23.0. The Labute approximate surface area is 235 Å². The maximum Gasteiger partial charge on any atom is 0.323 e. The lowest BCUT2D eigenvalue weighted by Gasteiger charge is -2.38. The van der Waals surface area contributed by atoms with Gasteiger partial charge in [0, 0.05) is 12.6 Å². The van der Waals surface area contributed by atoms with Crippen LogP contribution in [-0.2, 0) is 15.1 Å². The zero-order chi connectivity index (χ0) is 28.3. The zero-order valence-corrected chi connectivity index (χ0v) is 23.0. The minimum Gasteiger partial charge on any atom is -0.459 e. The molecule has 1 aliphatic rings. The number of aliphatic hydroxyl groups is 1. The van der Waals surface area contributed by atoms with Crippen molar-refractivity contribution in [3.63, 3.8) is 0 Å². The number of aliphatic hydroxyl groups excluding tert-OH is 1. The number of nitrogens with zero attached hydrogens (tertiary/aromatic N) is 1. The third-order valence-electron chi connectivity index (χ3n) is 7.12. The summed E-state index contributed by atoms with van der Waals surface area (Å²) in [5, 5.41) is 14.8. The van der Waals surface area contributed by atoms with Gasteiger partial charge >= 0.3 is 5.97 Å². The highest BCUT2D eigenvalue weighted by atomic mass is 16.6. The molecule has 0 spiro atoms. The number of hydrogen-bond donors (Lipinski definition) is 2. The van der Waals surface area contributed by atoms with Crippen LogP contribution < -0.4 is 5.32 Å². The van der Waals surface area contributed by atoms with Crippen LogP contribution in [0, 0.1) is 0 Å². The van der Waals surface area contributed by atoms with E-state index in [0.29, 0.717) is 0 Å². The number of ether oxygens (including phenoxy) is 1. The Hall–Kier alpha value is -4.13. The minimum absolute atomic E-state index is 0.0214. The molecule has 0 bridgehead atoms. The molecule has 2 N–H and O–H groups in total. The van der Waals surface area contributed by atoms with Crippen LogP contribution in [-0.4, -0.2) is 39.6 Å². The molecule has 0 fully saturated rings. The number of Topliss-reactive ketones (excluding diaryl/α,β-unsaturated/α-hetero) is 1. The second-order valence-corrected chi connectivity index (χ2v) is 11.2. The van der Waals surface area contributed by atoms with Gasteiger partial charge < -0.3 is 9.84 Å². The van der Waals surface area contributed by atoms with E-state index < -0.39 is 29.3 Å². The maximum absolute atomic E-state index is 13.7. The Morgan fingerprint density at radius 1 is 0.850 bits per heavy atom. The molecule has 0 radical (unpaired) electrons. The van der Waals surface area contributed by atoms with Gasteiger partial charge in [0.2, 0.25) is 0 Å². The molecule has 6 heteroatoms. The van der Waals surface area contributed by atoms with Crippen LogP contribution in [0.2, 0.25) is 0 Å². The van der Waals surface area contributed by atoms with E-state index in [0.717, 1.165) is 27.8 Å². The van der Waals surface area contributed by atoms with E-state index in [4.69, 9.17) is 4.74 Å². The molecule has 0 unspecified atom stereocenters. The summed E-state index contributed by atoms with van der Waals surface area (Å²) in [5.74, 6) is -0.778. The van der Waals surface area contributed by atoms with E-state index >= 15 is 0 Å². The fraction of sp³-hybridized carbons (Fsp3) is 0.265. The van der Waals surface area contributed by atoms with Crippen LogP contribution >= 0.6 is 0 Å². The molecule has 2 atom stereocenters. The molecule has 6 nitrogen and oxygen atoms in total. The maximum atomic E-state index is 13.7. The molecule has 1 heterocycles. The predicted molar refractivity (Wildman–Crippen MR) is 155 cm³/mol.